The average molecular weight is 302 g/mol. The van der Waals surface area contributed by atoms with E-state index in [4.69, 9.17) is 0 Å². The molecule has 0 bridgehead atoms. The number of aryl methyl sites for hydroxylation is 2. The summed E-state index contributed by atoms with van der Waals surface area (Å²) in [6.07, 6.45) is 6.24. The number of thiazole rings is 1. The number of Topliss-reactive ketones (excluding diaryl/α,β-unsaturated/α-hetero) is 2. The lowest BCUT2D eigenvalue weighted by Gasteiger charge is -2.10. The largest absolute Gasteiger partial charge is 0.337 e. The van der Waals surface area contributed by atoms with Crippen LogP contribution in [-0.4, -0.2) is 38.4 Å². The molecule has 6 nitrogen and oxygen atoms in total. The molecule has 2 aromatic heterocycles. The van der Waals surface area contributed by atoms with Crippen molar-refractivity contribution in [3.8, 4) is 0 Å². The SMILES string of the molecule is Cc1nc2c(s1)C(=O)CC(=NCCCn1ccnc1)C2=O. The molecule has 2 heterocycles. The second kappa shape index (κ2) is 5.69. The van der Waals surface area contributed by atoms with E-state index in [0.717, 1.165) is 18.0 Å². The lowest BCUT2D eigenvalue weighted by atomic mass is 9.98. The summed E-state index contributed by atoms with van der Waals surface area (Å²) in [5.74, 6) is -0.250. The van der Waals surface area contributed by atoms with Crippen molar-refractivity contribution in [2.24, 2.45) is 4.99 Å². The highest BCUT2D eigenvalue weighted by molar-refractivity contribution is 7.14. The highest BCUT2D eigenvalue weighted by Crippen LogP contribution is 2.25. The van der Waals surface area contributed by atoms with Gasteiger partial charge < -0.3 is 4.57 Å². The molecule has 0 N–H and O–H groups in total. The first-order valence-corrected chi connectivity index (χ1v) is 7.51. The van der Waals surface area contributed by atoms with Crippen molar-refractivity contribution in [3.63, 3.8) is 0 Å². The third kappa shape index (κ3) is 2.82. The van der Waals surface area contributed by atoms with E-state index in [0.29, 0.717) is 17.1 Å². The molecular weight excluding hydrogens is 288 g/mol. The molecule has 0 aromatic carbocycles. The number of nitrogens with zero attached hydrogens (tertiary/aromatic N) is 4. The molecule has 0 saturated heterocycles. The summed E-state index contributed by atoms with van der Waals surface area (Å²) >= 11 is 1.28. The second-order valence-corrected chi connectivity index (χ2v) is 6.03. The van der Waals surface area contributed by atoms with Crippen LogP contribution >= 0.6 is 11.3 Å². The average Bonchev–Trinajstić information content (AvgIpc) is 3.09. The van der Waals surface area contributed by atoms with E-state index in [1.807, 2.05) is 10.8 Å². The molecule has 0 amide bonds. The van der Waals surface area contributed by atoms with Gasteiger partial charge >= 0.3 is 0 Å². The molecule has 2 aromatic rings. The Bertz CT molecular complexity index is 715. The van der Waals surface area contributed by atoms with Gasteiger partial charge in [-0.15, -0.1) is 11.3 Å². The number of imidazole rings is 1. The smallest absolute Gasteiger partial charge is 0.227 e. The van der Waals surface area contributed by atoms with Gasteiger partial charge in [0.15, 0.2) is 5.78 Å². The topological polar surface area (TPSA) is 77.2 Å². The van der Waals surface area contributed by atoms with Gasteiger partial charge in [-0.25, -0.2) is 9.97 Å². The summed E-state index contributed by atoms with van der Waals surface area (Å²) in [5, 5.41) is 0.739. The Morgan fingerprint density at radius 3 is 3.05 bits per heavy atom. The van der Waals surface area contributed by atoms with Gasteiger partial charge in [0.2, 0.25) is 5.78 Å². The highest BCUT2D eigenvalue weighted by atomic mass is 32.1. The van der Waals surface area contributed by atoms with E-state index in [1.165, 1.54) is 11.3 Å². The van der Waals surface area contributed by atoms with Crippen LogP contribution in [-0.2, 0) is 6.54 Å². The van der Waals surface area contributed by atoms with E-state index in [2.05, 4.69) is 15.0 Å². The van der Waals surface area contributed by atoms with E-state index in [9.17, 15) is 9.59 Å². The molecule has 7 heteroatoms. The first-order chi connectivity index (χ1) is 10.1. The van der Waals surface area contributed by atoms with Crippen LogP contribution in [0.5, 0.6) is 0 Å². The number of aliphatic imine (C=N–C) groups is 1. The van der Waals surface area contributed by atoms with Gasteiger partial charge in [0, 0.05) is 25.5 Å². The van der Waals surface area contributed by atoms with Crippen LogP contribution in [0.4, 0.5) is 0 Å². The van der Waals surface area contributed by atoms with Crippen LogP contribution in [0.3, 0.4) is 0 Å². The lowest BCUT2D eigenvalue weighted by Crippen LogP contribution is -2.26. The van der Waals surface area contributed by atoms with Crippen LogP contribution in [0.2, 0.25) is 0 Å². The zero-order valence-electron chi connectivity index (χ0n) is 11.6. The van der Waals surface area contributed by atoms with Crippen molar-refractivity contribution in [3.05, 3.63) is 34.3 Å². The molecule has 1 aliphatic rings. The Kier molecular flexibility index (Phi) is 3.74. The minimum atomic E-state index is -0.198. The Hall–Kier alpha value is -2.15. The van der Waals surface area contributed by atoms with E-state index in [1.54, 1.807) is 19.4 Å². The summed E-state index contributed by atoms with van der Waals surface area (Å²) < 4.78 is 1.95. The number of carbonyl (C=O) groups is 2. The number of aromatic nitrogens is 3. The molecule has 3 rings (SSSR count). The zero-order valence-corrected chi connectivity index (χ0v) is 12.4. The number of carbonyl (C=O) groups excluding carboxylic acids is 2. The van der Waals surface area contributed by atoms with Crippen LogP contribution in [0.15, 0.2) is 23.7 Å². The monoisotopic (exact) mass is 302 g/mol. The van der Waals surface area contributed by atoms with Crippen molar-refractivity contribution < 1.29 is 9.59 Å². The summed E-state index contributed by atoms with van der Waals surface area (Å²) in [6, 6.07) is 0. The molecule has 0 atom stereocenters. The maximum atomic E-state index is 12.2. The fourth-order valence-electron chi connectivity index (χ4n) is 2.23. The van der Waals surface area contributed by atoms with Crippen LogP contribution < -0.4 is 0 Å². The number of ketones is 2. The summed E-state index contributed by atoms with van der Waals surface area (Å²) in [7, 11) is 0. The Balaban J connectivity index is 1.67. The van der Waals surface area contributed by atoms with Gasteiger partial charge in [0.05, 0.1) is 23.5 Å². The highest BCUT2D eigenvalue weighted by Gasteiger charge is 2.32. The first kappa shape index (κ1) is 13.8. The Labute approximate surface area is 125 Å². The van der Waals surface area contributed by atoms with Crippen molar-refractivity contribution >= 4 is 28.6 Å². The molecule has 0 aliphatic heterocycles. The maximum Gasteiger partial charge on any atom is 0.227 e. The fourth-order valence-corrected chi connectivity index (χ4v) is 3.09. The van der Waals surface area contributed by atoms with Gasteiger partial charge in [0.1, 0.15) is 10.6 Å². The molecule has 108 valence electrons. The predicted octanol–water partition coefficient (Wildman–Crippen LogP) is 1.95. The maximum absolute atomic E-state index is 12.2. The minimum Gasteiger partial charge on any atom is -0.337 e. The molecular formula is C14H14N4O2S. The van der Waals surface area contributed by atoms with Crippen LogP contribution in [0, 0.1) is 6.92 Å². The molecule has 1 aliphatic carbocycles. The number of hydrogen-bond donors (Lipinski definition) is 0. The molecule has 0 unspecified atom stereocenters. The standard InChI is InChI=1S/C14H14N4O2S/c1-9-17-12-13(20)10(7-11(19)14(12)21-9)16-3-2-5-18-6-4-15-8-18/h4,6,8H,2-3,5,7H2,1H3. The number of hydrogen-bond acceptors (Lipinski definition) is 6. The van der Waals surface area contributed by atoms with Gasteiger partial charge in [-0.3, -0.25) is 14.6 Å². The molecule has 0 fully saturated rings. The number of rotatable bonds is 4. The quantitative estimate of drug-likeness (QED) is 0.809. The molecule has 0 radical (unpaired) electrons. The van der Waals surface area contributed by atoms with Gasteiger partial charge in [-0.2, -0.15) is 0 Å². The molecule has 21 heavy (non-hydrogen) atoms. The normalized spacial score (nSPS) is 16.5. The molecule has 0 saturated carbocycles. The summed E-state index contributed by atoms with van der Waals surface area (Å²) in [5.41, 5.74) is 0.616. The van der Waals surface area contributed by atoms with E-state index < -0.39 is 0 Å². The van der Waals surface area contributed by atoms with Gasteiger partial charge in [0.25, 0.3) is 0 Å². The molecule has 0 spiro atoms. The number of fused-ring (bicyclic) bond motifs is 1. The predicted molar refractivity (Wildman–Crippen MR) is 79.3 cm³/mol. The minimum absolute atomic E-state index is 0.0523. The summed E-state index contributed by atoms with van der Waals surface area (Å²) in [6.45, 7) is 3.11. The third-order valence-corrected chi connectivity index (χ3v) is 4.24. The van der Waals surface area contributed by atoms with Gasteiger partial charge in [-0.1, -0.05) is 0 Å². The van der Waals surface area contributed by atoms with E-state index in [-0.39, 0.29) is 23.7 Å². The Morgan fingerprint density at radius 2 is 2.29 bits per heavy atom. The van der Waals surface area contributed by atoms with E-state index >= 15 is 0 Å². The lowest BCUT2D eigenvalue weighted by molar-refractivity contribution is 0.0966. The third-order valence-electron chi connectivity index (χ3n) is 3.23. The summed E-state index contributed by atoms with van der Waals surface area (Å²) in [4.78, 5) is 37.1. The first-order valence-electron chi connectivity index (χ1n) is 6.69. The Morgan fingerprint density at radius 1 is 1.43 bits per heavy atom. The van der Waals surface area contributed by atoms with Crippen LogP contribution in [0.25, 0.3) is 0 Å². The van der Waals surface area contributed by atoms with Crippen molar-refractivity contribution in [1.82, 2.24) is 14.5 Å². The fraction of sp³-hybridized carbons (Fsp3) is 0.357. The van der Waals surface area contributed by atoms with Crippen molar-refractivity contribution in [2.45, 2.75) is 26.3 Å². The van der Waals surface area contributed by atoms with Gasteiger partial charge in [-0.05, 0) is 13.3 Å². The second-order valence-electron chi connectivity index (χ2n) is 4.82. The van der Waals surface area contributed by atoms with Crippen molar-refractivity contribution in [2.75, 3.05) is 6.54 Å². The van der Waals surface area contributed by atoms with Crippen LogP contribution in [0.1, 0.15) is 38.0 Å². The van der Waals surface area contributed by atoms with Crippen molar-refractivity contribution in [1.29, 1.82) is 0 Å². The zero-order chi connectivity index (χ0) is 14.8.